The highest BCUT2D eigenvalue weighted by molar-refractivity contribution is 5.91. The standard InChI is InChI=1S/C30H41F3N6O3/c1-8-29(14-17-38(18-15-29)26(41)42-28(5,6)7)39-21-13-16-34-25(40)22(21)24(37-39)35-20-11-9-19(10-12-20)23(30(31,32)33)36-27(2,3)4/h9-13,16,23,36H,8,14-15,17-18H2,1-7H3,(H,34,40)(H,35,37). The highest BCUT2D eigenvalue weighted by atomic mass is 19.4. The van der Waals surface area contributed by atoms with Crippen molar-refractivity contribution in [2.75, 3.05) is 18.4 Å². The van der Waals surface area contributed by atoms with Gasteiger partial charge in [-0.25, -0.2) is 4.79 Å². The normalized spacial score (nSPS) is 16.9. The maximum atomic E-state index is 13.8. The maximum Gasteiger partial charge on any atom is 0.410 e. The number of alkyl halides is 3. The summed E-state index contributed by atoms with van der Waals surface area (Å²) in [5.74, 6) is 0.308. The van der Waals surface area contributed by atoms with E-state index < -0.39 is 28.9 Å². The number of fused-ring (bicyclic) bond motifs is 1. The van der Waals surface area contributed by atoms with Gasteiger partial charge in [0.15, 0.2) is 5.82 Å². The Morgan fingerprint density at radius 3 is 2.21 bits per heavy atom. The molecular formula is C30H41F3N6O3. The van der Waals surface area contributed by atoms with Crippen LogP contribution in [-0.4, -0.2) is 56.2 Å². The molecule has 12 heteroatoms. The molecule has 1 aliphatic rings. The Morgan fingerprint density at radius 2 is 1.69 bits per heavy atom. The fraction of sp³-hybridized carbons (Fsp3) is 0.567. The number of ether oxygens (including phenoxy) is 1. The van der Waals surface area contributed by atoms with E-state index in [1.165, 1.54) is 12.1 Å². The van der Waals surface area contributed by atoms with Crippen molar-refractivity contribution >= 4 is 28.5 Å². The van der Waals surface area contributed by atoms with Crippen molar-refractivity contribution in [3.63, 3.8) is 0 Å². The van der Waals surface area contributed by atoms with Crippen LogP contribution in [0.4, 0.5) is 29.5 Å². The number of H-pyrrole nitrogens is 1. The highest BCUT2D eigenvalue weighted by Gasteiger charge is 2.43. The Hall–Kier alpha value is -3.54. The number of aromatic amines is 1. The van der Waals surface area contributed by atoms with Gasteiger partial charge in [0.05, 0.1) is 11.1 Å². The van der Waals surface area contributed by atoms with E-state index in [1.807, 2.05) is 25.5 Å². The third kappa shape index (κ3) is 6.91. The molecule has 0 bridgehead atoms. The molecule has 1 unspecified atom stereocenters. The second-order valence-electron chi connectivity index (χ2n) is 13.0. The average molecular weight is 591 g/mol. The molecule has 1 amide bonds. The van der Waals surface area contributed by atoms with Crippen LogP contribution < -0.4 is 16.2 Å². The second kappa shape index (κ2) is 11.3. The Kier molecular flexibility index (Phi) is 8.43. The fourth-order valence-corrected chi connectivity index (χ4v) is 5.36. The Labute approximate surface area is 243 Å². The molecule has 0 spiro atoms. The largest absolute Gasteiger partial charge is 0.444 e. The van der Waals surface area contributed by atoms with Crippen molar-refractivity contribution in [2.45, 2.75) is 96.6 Å². The van der Waals surface area contributed by atoms with Gasteiger partial charge in [-0.15, -0.1) is 0 Å². The minimum atomic E-state index is -4.47. The molecule has 3 heterocycles. The lowest BCUT2D eigenvalue weighted by molar-refractivity contribution is -0.161. The summed E-state index contributed by atoms with van der Waals surface area (Å²) in [6.07, 6.45) is -1.32. The number of aromatic nitrogens is 3. The molecule has 2 aromatic heterocycles. The quantitative estimate of drug-likeness (QED) is 0.299. The molecule has 1 atom stereocenters. The minimum Gasteiger partial charge on any atom is -0.444 e. The summed E-state index contributed by atoms with van der Waals surface area (Å²) < 4.78 is 48.9. The van der Waals surface area contributed by atoms with E-state index in [2.05, 4.69) is 22.5 Å². The number of hydrogen-bond donors (Lipinski definition) is 3. The zero-order valence-electron chi connectivity index (χ0n) is 25.3. The van der Waals surface area contributed by atoms with E-state index >= 15 is 0 Å². The highest BCUT2D eigenvalue weighted by Crippen LogP contribution is 2.38. The Balaban J connectivity index is 1.63. The van der Waals surface area contributed by atoms with E-state index in [9.17, 15) is 22.8 Å². The third-order valence-corrected chi connectivity index (χ3v) is 7.47. The zero-order chi connectivity index (χ0) is 31.1. The molecule has 1 saturated heterocycles. The SMILES string of the molecule is CCC1(n2nc(Nc3ccc(C(NC(C)(C)C)C(F)(F)F)cc3)c3c(=O)[nH]ccc32)CCN(C(=O)OC(C)(C)C)CC1. The Bertz CT molecular complexity index is 1460. The first-order valence-corrected chi connectivity index (χ1v) is 14.2. The molecule has 230 valence electrons. The lowest BCUT2D eigenvalue weighted by atomic mass is 9.85. The van der Waals surface area contributed by atoms with Crippen LogP contribution >= 0.6 is 0 Å². The van der Waals surface area contributed by atoms with Crippen molar-refractivity contribution in [3.05, 3.63) is 52.4 Å². The van der Waals surface area contributed by atoms with Crippen LogP contribution in [-0.2, 0) is 10.3 Å². The number of nitrogens with one attached hydrogen (secondary N) is 3. The monoisotopic (exact) mass is 590 g/mol. The van der Waals surface area contributed by atoms with E-state index in [0.717, 1.165) is 0 Å². The van der Waals surface area contributed by atoms with Crippen molar-refractivity contribution in [1.29, 1.82) is 0 Å². The van der Waals surface area contributed by atoms with Gasteiger partial charge in [0.2, 0.25) is 0 Å². The molecule has 1 aliphatic heterocycles. The van der Waals surface area contributed by atoms with Crippen molar-refractivity contribution < 1.29 is 22.7 Å². The van der Waals surface area contributed by atoms with Gasteiger partial charge in [-0.3, -0.25) is 14.8 Å². The summed E-state index contributed by atoms with van der Waals surface area (Å²) in [7, 11) is 0. The van der Waals surface area contributed by atoms with Crippen LogP contribution in [0.3, 0.4) is 0 Å². The van der Waals surface area contributed by atoms with Crippen LogP contribution in [0.2, 0.25) is 0 Å². The number of hydrogen-bond acceptors (Lipinski definition) is 6. The Morgan fingerprint density at radius 1 is 1.07 bits per heavy atom. The minimum absolute atomic E-state index is 0.0814. The number of likely N-dealkylation sites (tertiary alicyclic amines) is 1. The predicted octanol–water partition coefficient (Wildman–Crippen LogP) is 6.60. The number of benzene rings is 1. The number of carbonyl (C=O) groups excluding carboxylic acids is 1. The van der Waals surface area contributed by atoms with Gasteiger partial charge >= 0.3 is 12.3 Å². The fourth-order valence-electron chi connectivity index (χ4n) is 5.36. The van der Waals surface area contributed by atoms with Crippen LogP contribution in [0.25, 0.3) is 10.9 Å². The first-order chi connectivity index (χ1) is 19.4. The van der Waals surface area contributed by atoms with Crippen LogP contribution in [0.15, 0.2) is 41.3 Å². The van der Waals surface area contributed by atoms with Gasteiger partial charge in [-0.1, -0.05) is 19.1 Å². The molecule has 1 aromatic carbocycles. The average Bonchev–Trinajstić information content (AvgIpc) is 3.26. The molecule has 1 fully saturated rings. The van der Waals surface area contributed by atoms with Gasteiger partial charge in [-0.2, -0.15) is 18.3 Å². The first-order valence-electron chi connectivity index (χ1n) is 14.2. The first kappa shape index (κ1) is 31.4. The summed E-state index contributed by atoms with van der Waals surface area (Å²) >= 11 is 0. The summed E-state index contributed by atoms with van der Waals surface area (Å²) in [6.45, 7) is 13.6. The van der Waals surface area contributed by atoms with Crippen LogP contribution in [0.1, 0.15) is 79.3 Å². The molecule has 0 saturated carbocycles. The molecular weight excluding hydrogens is 549 g/mol. The van der Waals surface area contributed by atoms with E-state index in [1.54, 1.807) is 50.1 Å². The van der Waals surface area contributed by atoms with Gasteiger partial charge in [0.25, 0.3) is 5.56 Å². The lowest BCUT2D eigenvalue weighted by Gasteiger charge is -2.42. The molecule has 0 radical (unpaired) electrons. The van der Waals surface area contributed by atoms with E-state index in [4.69, 9.17) is 9.84 Å². The van der Waals surface area contributed by atoms with Gasteiger partial charge in [0.1, 0.15) is 17.0 Å². The molecule has 3 N–H and O–H groups in total. The smallest absolute Gasteiger partial charge is 0.410 e. The van der Waals surface area contributed by atoms with E-state index in [-0.39, 0.29) is 17.2 Å². The summed E-state index contributed by atoms with van der Waals surface area (Å²) in [6, 6.07) is 5.91. The van der Waals surface area contributed by atoms with Gasteiger partial charge in [0, 0.05) is 30.5 Å². The third-order valence-electron chi connectivity index (χ3n) is 7.47. The number of halogens is 3. The number of amides is 1. The molecule has 9 nitrogen and oxygen atoms in total. The molecule has 42 heavy (non-hydrogen) atoms. The molecule has 0 aliphatic carbocycles. The molecule has 3 aromatic rings. The van der Waals surface area contributed by atoms with Crippen molar-refractivity contribution in [2.24, 2.45) is 0 Å². The lowest BCUT2D eigenvalue weighted by Crippen LogP contribution is -2.49. The maximum absolute atomic E-state index is 13.8. The summed E-state index contributed by atoms with van der Waals surface area (Å²) in [5.41, 5.74) is -0.910. The topological polar surface area (TPSA) is 104 Å². The van der Waals surface area contributed by atoms with Gasteiger partial charge < -0.3 is 19.9 Å². The number of pyridine rings is 1. The van der Waals surface area contributed by atoms with E-state index in [0.29, 0.717) is 54.8 Å². The number of piperidine rings is 1. The zero-order valence-corrected chi connectivity index (χ0v) is 25.3. The molecule has 4 rings (SSSR count). The summed E-state index contributed by atoms with van der Waals surface area (Å²) in [4.78, 5) is 30.0. The number of rotatable bonds is 6. The summed E-state index contributed by atoms with van der Waals surface area (Å²) in [5, 5.41) is 11.0. The van der Waals surface area contributed by atoms with Crippen LogP contribution in [0.5, 0.6) is 0 Å². The van der Waals surface area contributed by atoms with Crippen molar-refractivity contribution in [3.8, 4) is 0 Å². The number of nitrogens with zero attached hydrogens (tertiary/aromatic N) is 3. The van der Waals surface area contributed by atoms with Crippen molar-refractivity contribution in [1.82, 2.24) is 25.0 Å². The number of anilines is 2. The predicted molar refractivity (Wildman–Crippen MR) is 157 cm³/mol. The van der Waals surface area contributed by atoms with Gasteiger partial charge in [-0.05, 0) is 84.6 Å². The number of carbonyl (C=O) groups is 1. The van der Waals surface area contributed by atoms with Crippen LogP contribution in [0, 0.1) is 0 Å². The second-order valence-corrected chi connectivity index (χ2v) is 13.0.